The van der Waals surface area contributed by atoms with Gasteiger partial charge in [-0.2, -0.15) is 5.10 Å². The molecule has 0 aliphatic carbocycles. The highest BCUT2D eigenvalue weighted by Gasteiger charge is 2.19. The normalized spacial score (nSPS) is 15.4. The smallest absolute Gasteiger partial charge is 0.0610 e. The van der Waals surface area contributed by atoms with E-state index in [1.54, 1.807) is 0 Å². The van der Waals surface area contributed by atoms with Crippen LogP contribution in [0, 0.1) is 0 Å². The van der Waals surface area contributed by atoms with Crippen LogP contribution in [-0.2, 0) is 6.54 Å². The zero-order chi connectivity index (χ0) is 12.2. The Morgan fingerprint density at radius 2 is 2.25 bits per heavy atom. The maximum absolute atomic E-state index is 9.27. The van der Waals surface area contributed by atoms with Gasteiger partial charge in [0, 0.05) is 29.9 Å². The van der Waals surface area contributed by atoms with Crippen LogP contribution in [-0.4, -0.2) is 27.0 Å². The van der Waals surface area contributed by atoms with Crippen molar-refractivity contribution in [3.05, 3.63) is 18.0 Å². The van der Waals surface area contributed by atoms with Gasteiger partial charge in [0.05, 0.1) is 12.8 Å². The van der Waals surface area contributed by atoms with Crippen LogP contribution in [0.3, 0.4) is 0 Å². The number of nitrogens with zero attached hydrogens (tertiary/aromatic N) is 2. The van der Waals surface area contributed by atoms with E-state index in [-0.39, 0.29) is 12.1 Å². The molecule has 0 aromatic carbocycles. The predicted octanol–water partition coefficient (Wildman–Crippen LogP) is 1.71. The molecule has 0 spiro atoms. The maximum Gasteiger partial charge on any atom is 0.0610 e. The molecule has 0 amide bonds. The summed E-state index contributed by atoms with van der Waals surface area (Å²) in [7, 11) is 0. The van der Waals surface area contributed by atoms with Gasteiger partial charge in [-0.15, -0.1) is 0 Å². The molecule has 1 atom stereocenters. The van der Waals surface area contributed by atoms with Crippen LogP contribution in [0.25, 0.3) is 0 Å². The van der Waals surface area contributed by atoms with Crippen LogP contribution in [0.15, 0.2) is 12.4 Å². The fourth-order valence-electron chi connectivity index (χ4n) is 1.36. The van der Waals surface area contributed by atoms with Crippen LogP contribution in [0.2, 0.25) is 0 Å². The second kappa shape index (κ2) is 5.46. The lowest BCUT2D eigenvalue weighted by atomic mass is 10.0. The lowest BCUT2D eigenvalue weighted by molar-refractivity contribution is 0.169. The monoisotopic (exact) mass is 225 g/mol. The van der Waals surface area contributed by atoms with Gasteiger partial charge in [0.1, 0.15) is 0 Å². The van der Waals surface area contributed by atoms with Gasteiger partial charge in [0.25, 0.3) is 0 Å². The number of hydrogen-bond donors (Lipinski definition) is 2. The summed E-state index contributed by atoms with van der Waals surface area (Å²) in [5.41, 5.74) is 0.960. The Kier molecular flexibility index (Phi) is 4.50. The van der Waals surface area contributed by atoms with E-state index in [1.165, 1.54) is 0 Å². The van der Waals surface area contributed by atoms with Gasteiger partial charge < -0.3 is 10.4 Å². The molecule has 0 fully saturated rings. The molecule has 1 aromatic heterocycles. The molecule has 0 aliphatic rings. The molecule has 0 radical (unpaired) electrons. The lowest BCUT2D eigenvalue weighted by Crippen LogP contribution is -2.44. The quantitative estimate of drug-likeness (QED) is 0.775. The summed E-state index contributed by atoms with van der Waals surface area (Å²) >= 11 is 0. The molecule has 4 nitrogen and oxygen atoms in total. The molecule has 1 unspecified atom stereocenters. The number of aliphatic hydroxyl groups is 1. The van der Waals surface area contributed by atoms with Gasteiger partial charge in [-0.25, -0.2) is 0 Å². The van der Waals surface area contributed by atoms with Gasteiger partial charge in [-0.1, -0.05) is 6.92 Å². The van der Waals surface area contributed by atoms with E-state index in [0.717, 1.165) is 18.5 Å². The largest absolute Gasteiger partial charge is 0.394 e. The summed E-state index contributed by atoms with van der Waals surface area (Å²) in [6, 6.07) is 0.393. The average molecular weight is 225 g/mol. The third-order valence-corrected chi connectivity index (χ3v) is 3.03. The van der Waals surface area contributed by atoms with Gasteiger partial charge in [-0.05, 0) is 27.2 Å². The molecule has 1 heterocycles. The molecule has 0 saturated heterocycles. The van der Waals surface area contributed by atoms with E-state index in [9.17, 15) is 5.11 Å². The Balaban J connectivity index is 2.54. The molecular formula is C12H23N3O. The predicted molar refractivity (Wildman–Crippen MR) is 65.2 cm³/mol. The molecule has 4 heteroatoms. The summed E-state index contributed by atoms with van der Waals surface area (Å²) in [5, 5.41) is 16.9. The zero-order valence-corrected chi connectivity index (χ0v) is 10.7. The fourth-order valence-corrected chi connectivity index (χ4v) is 1.36. The molecule has 0 saturated carbocycles. The van der Waals surface area contributed by atoms with Crippen molar-refractivity contribution in [2.45, 2.75) is 52.2 Å². The molecule has 16 heavy (non-hydrogen) atoms. The first kappa shape index (κ1) is 13.2. The Labute approximate surface area is 97.7 Å². The molecule has 1 rings (SSSR count). The molecule has 0 bridgehead atoms. The fraction of sp³-hybridized carbons (Fsp3) is 0.750. The van der Waals surface area contributed by atoms with Gasteiger partial charge in [0.2, 0.25) is 0 Å². The number of hydrogen-bond acceptors (Lipinski definition) is 3. The summed E-state index contributed by atoms with van der Waals surface area (Å²) in [4.78, 5) is 0. The third kappa shape index (κ3) is 3.32. The highest BCUT2D eigenvalue weighted by Crippen LogP contribution is 2.10. The van der Waals surface area contributed by atoms with Crippen LogP contribution in [0.4, 0.5) is 0 Å². The van der Waals surface area contributed by atoms with Crippen LogP contribution < -0.4 is 5.32 Å². The van der Waals surface area contributed by atoms with Crippen molar-refractivity contribution in [1.29, 1.82) is 0 Å². The Morgan fingerprint density at radius 3 is 2.69 bits per heavy atom. The van der Waals surface area contributed by atoms with E-state index in [4.69, 9.17) is 0 Å². The van der Waals surface area contributed by atoms with Gasteiger partial charge in [0.15, 0.2) is 0 Å². The van der Waals surface area contributed by atoms with Gasteiger partial charge in [-0.3, -0.25) is 4.68 Å². The van der Waals surface area contributed by atoms with Crippen molar-refractivity contribution in [2.24, 2.45) is 0 Å². The third-order valence-electron chi connectivity index (χ3n) is 3.03. The first-order valence-electron chi connectivity index (χ1n) is 5.89. The van der Waals surface area contributed by atoms with Crippen LogP contribution >= 0.6 is 0 Å². The highest BCUT2D eigenvalue weighted by molar-refractivity contribution is 5.04. The van der Waals surface area contributed by atoms with E-state index in [2.05, 4.69) is 31.2 Å². The lowest BCUT2D eigenvalue weighted by Gasteiger charge is -2.27. The first-order chi connectivity index (χ1) is 7.50. The molecule has 92 valence electrons. The average Bonchev–Trinajstić information content (AvgIpc) is 2.75. The Hall–Kier alpha value is -0.870. The van der Waals surface area contributed by atoms with E-state index >= 15 is 0 Å². The zero-order valence-electron chi connectivity index (χ0n) is 10.7. The minimum absolute atomic E-state index is 0.155. The van der Waals surface area contributed by atoms with Crippen molar-refractivity contribution in [2.75, 3.05) is 6.61 Å². The van der Waals surface area contributed by atoms with Gasteiger partial charge >= 0.3 is 0 Å². The van der Waals surface area contributed by atoms with Crippen molar-refractivity contribution in [3.63, 3.8) is 0 Å². The number of aromatic nitrogens is 2. The molecular weight excluding hydrogens is 202 g/mol. The second-order valence-corrected chi connectivity index (χ2v) is 4.85. The molecule has 2 N–H and O–H groups in total. The number of rotatable bonds is 6. The van der Waals surface area contributed by atoms with Crippen molar-refractivity contribution in [1.82, 2.24) is 15.1 Å². The number of nitrogens with one attached hydrogen (secondary N) is 1. The first-order valence-corrected chi connectivity index (χ1v) is 5.89. The topological polar surface area (TPSA) is 50.1 Å². The Bertz CT molecular complexity index is 316. The van der Waals surface area contributed by atoms with Crippen molar-refractivity contribution in [3.8, 4) is 0 Å². The van der Waals surface area contributed by atoms with Crippen LogP contribution in [0.5, 0.6) is 0 Å². The minimum Gasteiger partial charge on any atom is -0.394 e. The summed E-state index contributed by atoms with van der Waals surface area (Å²) in [6.07, 6.45) is 4.83. The number of aliphatic hydroxyl groups excluding tert-OH is 1. The van der Waals surface area contributed by atoms with E-state index in [1.807, 2.05) is 24.0 Å². The second-order valence-electron chi connectivity index (χ2n) is 4.85. The van der Waals surface area contributed by atoms with E-state index < -0.39 is 0 Å². The molecule has 0 aliphatic heterocycles. The summed E-state index contributed by atoms with van der Waals surface area (Å²) < 4.78 is 1.94. The maximum atomic E-state index is 9.27. The van der Waals surface area contributed by atoms with Crippen molar-refractivity contribution < 1.29 is 5.11 Å². The summed E-state index contributed by atoms with van der Waals surface area (Å²) in [5.74, 6) is 0. The summed E-state index contributed by atoms with van der Waals surface area (Å²) in [6.45, 7) is 9.21. The minimum atomic E-state index is -0.195. The Morgan fingerprint density at radius 1 is 1.56 bits per heavy atom. The van der Waals surface area contributed by atoms with Crippen LogP contribution in [0.1, 0.15) is 45.7 Å². The standard InChI is InChI=1S/C12H23N3O/c1-5-12(4,9-16)13-6-11-7-14-15(8-11)10(2)3/h7-8,10,13,16H,5-6,9H2,1-4H3. The SMILES string of the molecule is CCC(C)(CO)NCc1cnn(C(C)C)c1. The van der Waals surface area contributed by atoms with Crippen molar-refractivity contribution >= 4 is 0 Å². The highest BCUT2D eigenvalue weighted by atomic mass is 16.3. The van der Waals surface area contributed by atoms with E-state index in [0.29, 0.717) is 6.04 Å². The molecule has 1 aromatic rings.